The van der Waals surface area contributed by atoms with E-state index in [0.29, 0.717) is 6.04 Å². The molecule has 0 aromatic heterocycles. The number of unbranched alkanes of at least 4 members (excludes halogenated alkanes) is 1. The first kappa shape index (κ1) is 12.9. The molecule has 0 heterocycles. The van der Waals surface area contributed by atoms with Crippen LogP contribution in [0.5, 0.6) is 0 Å². The Labute approximate surface area is 82.0 Å². The molecule has 2 unspecified atom stereocenters. The van der Waals surface area contributed by atoms with Gasteiger partial charge in [-0.05, 0) is 19.8 Å². The van der Waals surface area contributed by atoms with Gasteiger partial charge in [-0.1, -0.05) is 26.7 Å². The van der Waals surface area contributed by atoms with Crippen LogP contribution in [-0.2, 0) is 4.74 Å². The fraction of sp³-hybridized carbons (Fsp3) is 1.00. The lowest BCUT2D eigenvalue weighted by atomic mass is 10.0. The average molecular weight is 188 g/mol. The molecule has 0 aliphatic rings. The van der Waals surface area contributed by atoms with Crippen molar-refractivity contribution in [3.05, 3.63) is 0 Å². The summed E-state index contributed by atoms with van der Waals surface area (Å²) in [5.41, 5.74) is 2.85. The zero-order chi connectivity index (χ0) is 10.1. The summed E-state index contributed by atoms with van der Waals surface area (Å²) in [6.45, 7) is 7.12. The van der Waals surface area contributed by atoms with Crippen molar-refractivity contribution in [2.45, 2.75) is 58.6 Å². The molecule has 0 rings (SSSR count). The van der Waals surface area contributed by atoms with E-state index in [2.05, 4.69) is 19.3 Å². The van der Waals surface area contributed by atoms with Crippen LogP contribution in [-0.4, -0.2) is 18.8 Å². The number of hydrogen-bond acceptors (Lipinski definition) is 3. The second-order valence-electron chi connectivity index (χ2n) is 3.32. The predicted octanol–water partition coefficient (Wildman–Crippen LogP) is 1.82. The summed E-state index contributed by atoms with van der Waals surface area (Å²) in [7, 11) is 0. The molecule has 13 heavy (non-hydrogen) atoms. The van der Waals surface area contributed by atoms with Crippen LogP contribution in [0.25, 0.3) is 0 Å². The van der Waals surface area contributed by atoms with Gasteiger partial charge in [0.2, 0.25) is 0 Å². The Hall–Kier alpha value is -0.120. The Kier molecular flexibility index (Phi) is 8.40. The van der Waals surface area contributed by atoms with Crippen molar-refractivity contribution in [2.24, 2.45) is 5.84 Å². The van der Waals surface area contributed by atoms with E-state index in [1.807, 2.05) is 6.92 Å². The SMILES string of the molecule is CCCCC(NN)C(CC)OCC. The van der Waals surface area contributed by atoms with E-state index in [1.165, 1.54) is 12.8 Å². The van der Waals surface area contributed by atoms with Crippen molar-refractivity contribution in [1.82, 2.24) is 5.43 Å². The van der Waals surface area contributed by atoms with Crippen molar-refractivity contribution in [2.75, 3.05) is 6.61 Å². The molecule has 0 spiro atoms. The minimum Gasteiger partial charge on any atom is -0.377 e. The molecule has 0 aliphatic heterocycles. The van der Waals surface area contributed by atoms with Crippen LogP contribution in [0.15, 0.2) is 0 Å². The van der Waals surface area contributed by atoms with Crippen LogP contribution >= 0.6 is 0 Å². The maximum atomic E-state index is 5.60. The van der Waals surface area contributed by atoms with E-state index in [1.54, 1.807) is 0 Å². The van der Waals surface area contributed by atoms with E-state index in [4.69, 9.17) is 10.6 Å². The van der Waals surface area contributed by atoms with Gasteiger partial charge < -0.3 is 4.74 Å². The van der Waals surface area contributed by atoms with Crippen molar-refractivity contribution < 1.29 is 4.74 Å². The molecule has 3 N–H and O–H groups in total. The first-order valence-corrected chi connectivity index (χ1v) is 5.37. The average Bonchev–Trinajstić information content (AvgIpc) is 2.17. The lowest BCUT2D eigenvalue weighted by Gasteiger charge is -2.25. The Balaban J connectivity index is 3.84. The maximum absolute atomic E-state index is 5.60. The summed E-state index contributed by atoms with van der Waals surface area (Å²) in [5.74, 6) is 5.49. The van der Waals surface area contributed by atoms with E-state index in [-0.39, 0.29) is 6.10 Å². The Morgan fingerprint density at radius 3 is 2.38 bits per heavy atom. The summed E-state index contributed by atoms with van der Waals surface area (Å²) in [4.78, 5) is 0. The minimum atomic E-state index is 0.265. The molecule has 2 atom stereocenters. The molecule has 0 saturated carbocycles. The molecule has 0 saturated heterocycles. The van der Waals surface area contributed by atoms with Crippen LogP contribution < -0.4 is 11.3 Å². The number of nitrogens with one attached hydrogen (secondary N) is 1. The van der Waals surface area contributed by atoms with Gasteiger partial charge in [0.1, 0.15) is 0 Å². The van der Waals surface area contributed by atoms with E-state index >= 15 is 0 Å². The first-order chi connectivity index (χ1) is 6.29. The molecule has 0 fully saturated rings. The number of hydrazine groups is 1. The van der Waals surface area contributed by atoms with Crippen molar-refractivity contribution in [3.8, 4) is 0 Å². The van der Waals surface area contributed by atoms with Gasteiger partial charge in [0.05, 0.1) is 6.10 Å². The predicted molar refractivity (Wildman–Crippen MR) is 56.3 cm³/mol. The van der Waals surface area contributed by atoms with Gasteiger partial charge in [-0.2, -0.15) is 0 Å². The summed E-state index contributed by atoms with van der Waals surface area (Å²) < 4.78 is 5.60. The second-order valence-corrected chi connectivity index (χ2v) is 3.32. The molecule has 3 nitrogen and oxygen atoms in total. The Bertz CT molecular complexity index is 109. The number of rotatable bonds is 8. The molecule has 3 heteroatoms. The monoisotopic (exact) mass is 188 g/mol. The molecule has 0 radical (unpaired) electrons. The Morgan fingerprint density at radius 1 is 1.31 bits per heavy atom. The zero-order valence-electron chi connectivity index (χ0n) is 9.18. The third kappa shape index (κ3) is 5.24. The number of hydrogen-bond donors (Lipinski definition) is 2. The van der Waals surface area contributed by atoms with Crippen LogP contribution in [0.1, 0.15) is 46.5 Å². The summed E-state index contributed by atoms with van der Waals surface area (Å²) in [5, 5.41) is 0. The standard InChI is InChI=1S/C10H24N2O/c1-4-7-8-9(12-11)10(5-2)13-6-3/h9-10,12H,4-8,11H2,1-3H3. The summed E-state index contributed by atoms with van der Waals surface area (Å²) in [6.07, 6.45) is 4.80. The quantitative estimate of drug-likeness (QED) is 0.451. The summed E-state index contributed by atoms with van der Waals surface area (Å²) >= 11 is 0. The van der Waals surface area contributed by atoms with E-state index < -0.39 is 0 Å². The molecule has 0 aliphatic carbocycles. The smallest absolute Gasteiger partial charge is 0.0738 e. The number of nitrogens with two attached hydrogens (primary N) is 1. The van der Waals surface area contributed by atoms with Gasteiger partial charge >= 0.3 is 0 Å². The van der Waals surface area contributed by atoms with Crippen molar-refractivity contribution in [1.29, 1.82) is 0 Å². The second kappa shape index (κ2) is 8.48. The highest BCUT2D eigenvalue weighted by atomic mass is 16.5. The van der Waals surface area contributed by atoms with Gasteiger partial charge in [0.25, 0.3) is 0 Å². The van der Waals surface area contributed by atoms with E-state index in [0.717, 1.165) is 19.4 Å². The van der Waals surface area contributed by atoms with Crippen LogP contribution in [0.3, 0.4) is 0 Å². The number of ether oxygens (including phenoxy) is 1. The van der Waals surface area contributed by atoms with Gasteiger partial charge in [0, 0.05) is 12.6 Å². The Morgan fingerprint density at radius 2 is 2.00 bits per heavy atom. The molecular formula is C10H24N2O. The third-order valence-electron chi connectivity index (χ3n) is 2.31. The topological polar surface area (TPSA) is 47.3 Å². The third-order valence-corrected chi connectivity index (χ3v) is 2.31. The fourth-order valence-corrected chi connectivity index (χ4v) is 1.53. The van der Waals surface area contributed by atoms with Crippen molar-refractivity contribution >= 4 is 0 Å². The molecule has 0 aromatic rings. The highest BCUT2D eigenvalue weighted by Gasteiger charge is 2.17. The van der Waals surface area contributed by atoms with Crippen molar-refractivity contribution in [3.63, 3.8) is 0 Å². The summed E-state index contributed by atoms with van der Waals surface area (Å²) in [6, 6.07) is 0.310. The lowest BCUT2D eigenvalue weighted by Crippen LogP contribution is -2.44. The van der Waals surface area contributed by atoms with E-state index in [9.17, 15) is 0 Å². The molecule has 0 amide bonds. The highest BCUT2D eigenvalue weighted by Crippen LogP contribution is 2.10. The molecule has 0 bridgehead atoms. The fourth-order valence-electron chi connectivity index (χ4n) is 1.53. The van der Waals surface area contributed by atoms with Gasteiger partial charge in [-0.15, -0.1) is 0 Å². The molecule has 0 aromatic carbocycles. The van der Waals surface area contributed by atoms with Crippen LogP contribution in [0.2, 0.25) is 0 Å². The first-order valence-electron chi connectivity index (χ1n) is 5.37. The minimum absolute atomic E-state index is 0.265. The normalized spacial score (nSPS) is 15.7. The molecule has 80 valence electrons. The van der Waals surface area contributed by atoms with Crippen LogP contribution in [0.4, 0.5) is 0 Å². The van der Waals surface area contributed by atoms with Crippen LogP contribution in [0, 0.1) is 0 Å². The zero-order valence-corrected chi connectivity index (χ0v) is 9.18. The molecular weight excluding hydrogens is 164 g/mol. The van der Waals surface area contributed by atoms with Gasteiger partial charge in [0.15, 0.2) is 0 Å². The lowest BCUT2D eigenvalue weighted by molar-refractivity contribution is 0.0291. The maximum Gasteiger partial charge on any atom is 0.0738 e. The largest absolute Gasteiger partial charge is 0.377 e. The highest BCUT2D eigenvalue weighted by molar-refractivity contribution is 4.73. The van der Waals surface area contributed by atoms with Gasteiger partial charge in [-0.3, -0.25) is 11.3 Å². The van der Waals surface area contributed by atoms with Gasteiger partial charge in [-0.25, -0.2) is 0 Å².